The van der Waals surface area contributed by atoms with Gasteiger partial charge in [0.2, 0.25) is 0 Å². The molecule has 1 heterocycles. The molecule has 0 aromatic heterocycles. The molecule has 1 saturated heterocycles. The number of hydrogen-bond donors (Lipinski definition) is 1. The van der Waals surface area contributed by atoms with Gasteiger partial charge in [0, 0.05) is 13.1 Å². The number of nitrogens with zero attached hydrogens (tertiary/aromatic N) is 1. The maximum atomic E-state index is 12.2. The number of amides is 2. The topological polar surface area (TPSA) is 66.5 Å². The first kappa shape index (κ1) is 14.4. The smallest absolute Gasteiger partial charge is 0.323 e. The number of carbonyl (C=O) groups excluding carboxylic acids is 1. The van der Waals surface area contributed by atoms with Crippen LogP contribution in [0.3, 0.4) is 0 Å². The van der Waals surface area contributed by atoms with E-state index in [1.54, 1.807) is 17.0 Å². The molecule has 1 aromatic rings. The SMILES string of the molecule is Cc1ccc(S(=O)(=O)NC(=O)N2C[C@H]3CCC[C@H]3C2)cc1. The number of sulfonamides is 1. The lowest BCUT2D eigenvalue weighted by atomic mass is 10.0. The molecule has 2 fully saturated rings. The summed E-state index contributed by atoms with van der Waals surface area (Å²) in [7, 11) is -3.78. The van der Waals surface area contributed by atoms with Crippen LogP contribution in [0, 0.1) is 18.8 Å². The summed E-state index contributed by atoms with van der Waals surface area (Å²) in [6.45, 7) is 3.25. The molecule has 2 aliphatic rings. The molecule has 1 aliphatic heterocycles. The quantitative estimate of drug-likeness (QED) is 0.910. The molecule has 1 N–H and O–H groups in total. The lowest BCUT2D eigenvalue weighted by Crippen LogP contribution is -2.42. The zero-order valence-corrected chi connectivity index (χ0v) is 12.9. The minimum atomic E-state index is -3.78. The van der Waals surface area contributed by atoms with E-state index < -0.39 is 16.1 Å². The molecule has 5 nitrogen and oxygen atoms in total. The molecule has 0 unspecified atom stereocenters. The van der Waals surface area contributed by atoms with E-state index in [1.165, 1.54) is 18.6 Å². The minimum absolute atomic E-state index is 0.126. The normalized spacial score (nSPS) is 24.9. The van der Waals surface area contributed by atoms with E-state index in [1.807, 2.05) is 6.92 Å². The van der Waals surface area contributed by atoms with Crippen LogP contribution >= 0.6 is 0 Å². The van der Waals surface area contributed by atoms with Gasteiger partial charge in [-0.3, -0.25) is 0 Å². The summed E-state index contributed by atoms with van der Waals surface area (Å²) in [5.74, 6) is 1.11. The first-order valence-electron chi connectivity index (χ1n) is 7.34. The molecule has 1 aliphatic carbocycles. The van der Waals surface area contributed by atoms with Crippen molar-refractivity contribution in [2.24, 2.45) is 11.8 Å². The second-order valence-corrected chi connectivity index (χ2v) is 7.76. The van der Waals surface area contributed by atoms with Crippen LogP contribution in [0.15, 0.2) is 29.2 Å². The van der Waals surface area contributed by atoms with Gasteiger partial charge in [0.15, 0.2) is 0 Å². The first-order chi connectivity index (χ1) is 9.95. The highest BCUT2D eigenvalue weighted by atomic mass is 32.2. The van der Waals surface area contributed by atoms with Gasteiger partial charge in [0.25, 0.3) is 10.0 Å². The van der Waals surface area contributed by atoms with Gasteiger partial charge in [-0.2, -0.15) is 0 Å². The molecule has 3 rings (SSSR count). The highest BCUT2D eigenvalue weighted by Crippen LogP contribution is 2.37. The Hall–Kier alpha value is -1.56. The van der Waals surface area contributed by atoms with Crippen molar-refractivity contribution in [3.05, 3.63) is 29.8 Å². The third kappa shape index (κ3) is 2.90. The van der Waals surface area contributed by atoms with Crippen LogP contribution < -0.4 is 4.72 Å². The standard InChI is InChI=1S/C15H20N2O3S/c1-11-5-7-14(8-6-11)21(19,20)16-15(18)17-9-12-3-2-4-13(12)10-17/h5-8,12-13H,2-4,9-10H2,1H3,(H,16,18)/t12-,13+. The Bertz CT molecular complexity index is 627. The van der Waals surface area contributed by atoms with Crippen LogP contribution in [0.2, 0.25) is 0 Å². The predicted molar refractivity (Wildman–Crippen MR) is 79.3 cm³/mol. The molecule has 2 atom stereocenters. The number of hydrogen-bond acceptors (Lipinski definition) is 3. The summed E-state index contributed by atoms with van der Waals surface area (Å²) < 4.78 is 26.6. The van der Waals surface area contributed by atoms with Crippen LogP contribution in [-0.2, 0) is 10.0 Å². The van der Waals surface area contributed by atoms with Crippen LogP contribution in [0.25, 0.3) is 0 Å². The monoisotopic (exact) mass is 308 g/mol. The fourth-order valence-corrected chi connectivity index (χ4v) is 4.33. The Kier molecular flexibility index (Phi) is 3.65. The van der Waals surface area contributed by atoms with Crippen molar-refractivity contribution >= 4 is 16.1 Å². The third-order valence-corrected chi connectivity index (χ3v) is 5.90. The molecule has 0 radical (unpaired) electrons. The Morgan fingerprint density at radius 2 is 1.71 bits per heavy atom. The van der Waals surface area contributed by atoms with E-state index in [2.05, 4.69) is 4.72 Å². The molecule has 114 valence electrons. The summed E-state index contributed by atoms with van der Waals surface area (Å²) in [6.07, 6.45) is 3.53. The van der Waals surface area contributed by atoms with Gasteiger partial charge in [0.1, 0.15) is 0 Å². The van der Waals surface area contributed by atoms with Crippen molar-refractivity contribution in [3.63, 3.8) is 0 Å². The average Bonchev–Trinajstić information content (AvgIpc) is 2.99. The second-order valence-electron chi connectivity index (χ2n) is 6.08. The van der Waals surface area contributed by atoms with E-state index in [0.717, 1.165) is 18.4 Å². The Labute approximate surface area is 125 Å². The fourth-order valence-electron chi connectivity index (χ4n) is 3.36. The van der Waals surface area contributed by atoms with Gasteiger partial charge >= 0.3 is 6.03 Å². The van der Waals surface area contributed by atoms with Crippen molar-refractivity contribution in [2.45, 2.75) is 31.1 Å². The number of urea groups is 1. The van der Waals surface area contributed by atoms with Crippen LogP contribution in [0.1, 0.15) is 24.8 Å². The second kappa shape index (κ2) is 5.33. The van der Waals surface area contributed by atoms with Crippen molar-refractivity contribution in [3.8, 4) is 0 Å². The van der Waals surface area contributed by atoms with Gasteiger partial charge in [-0.05, 0) is 43.7 Å². The minimum Gasteiger partial charge on any atom is -0.323 e. The first-order valence-corrected chi connectivity index (χ1v) is 8.82. The zero-order valence-electron chi connectivity index (χ0n) is 12.1. The Morgan fingerprint density at radius 3 is 2.29 bits per heavy atom. The molecule has 6 heteroatoms. The lowest BCUT2D eigenvalue weighted by Gasteiger charge is -2.18. The number of benzene rings is 1. The summed E-state index contributed by atoms with van der Waals surface area (Å²) >= 11 is 0. The zero-order chi connectivity index (χ0) is 15.0. The number of fused-ring (bicyclic) bond motifs is 1. The van der Waals surface area contributed by atoms with E-state index in [4.69, 9.17) is 0 Å². The molecule has 0 bridgehead atoms. The van der Waals surface area contributed by atoms with E-state index >= 15 is 0 Å². The molecule has 21 heavy (non-hydrogen) atoms. The third-order valence-electron chi connectivity index (χ3n) is 4.57. The van der Waals surface area contributed by atoms with Crippen LogP contribution in [-0.4, -0.2) is 32.4 Å². The Balaban J connectivity index is 1.68. The van der Waals surface area contributed by atoms with Crippen LogP contribution in [0.4, 0.5) is 4.79 Å². The van der Waals surface area contributed by atoms with E-state index in [9.17, 15) is 13.2 Å². The van der Waals surface area contributed by atoms with E-state index in [-0.39, 0.29) is 4.90 Å². The molecular weight excluding hydrogens is 288 g/mol. The average molecular weight is 308 g/mol. The highest BCUT2D eigenvalue weighted by molar-refractivity contribution is 7.90. The number of rotatable bonds is 2. The van der Waals surface area contributed by atoms with Gasteiger partial charge in [-0.15, -0.1) is 0 Å². The van der Waals surface area contributed by atoms with Gasteiger partial charge in [0.05, 0.1) is 4.90 Å². The summed E-state index contributed by atoms with van der Waals surface area (Å²) in [5, 5.41) is 0. The molecule has 1 aromatic carbocycles. The summed E-state index contributed by atoms with van der Waals surface area (Å²) in [4.78, 5) is 13.9. The van der Waals surface area contributed by atoms with Gasteiger partial charge in [-0.25, -0.2) is 17.9 Å². The van der Waals surface area contributed by atoms with Crippen LogP contribution in [0.5, 0.6) is 0 Å². The largest absolute Gasteiger partial charge is 0.331 e. The highest BCUT2D eigenvalue weighted by Gasteiger charge is 2.38. The van der Waals surface area contributed by atoms with Crippen molar-refractivity contribution in [2.75, 3.05) is 13.1 Å². The van der Waals surface area contributed by atoms with Crippen molar-refractivity contribution in [1.29, 1.82) is 0 Å². The summed E-state index contributed by atoms with van der Waals surface area (Å²) in [5.41, 5.74) is 0.979. The summed E-state index contributed by atoms with van der Waals surface area (Å²) in [6, 6.07) is 5.98. The molecule has 0 spiro atoms. The molecule has 2 amide bonds. The molecule has 1 saturated carbocycles. The van der Waals surface area contributed by atoms with Gasteiger partial charge in [-0.1, -0.05) is 24.1 Å². The van der Waals surface area contributed by atoms with Gasteiger partial charge < -0.3 is 4.90 Å². The maximum absolute atomic E-state index is 12.2. The molecular formula is C15H20N2O3S. The fraction of sp³-hybridized carbons (Fsp3) is 0.533. The maximum Gasteiger partial charge on any atom is 0.331 e. The lowest BCUT2D eigenvalue weighted by molar-refractivity contribution is 0.211. The number of likely N-dealkylation sites (tertiary alicyclic amines) is 1. The number of aryl methyl sites for hydroxylation is 1. The number of nitrogens with one attached hydrogen (secondary N) is 1. The number of carbonyl (C=O) groups is 1. The van der Waals surface area contributed by atoms with E-state index in [0.29, 0.717) is 24.9 Å². The van der Waals surface area contributed by atoms with Crippen molar-refractivity contribution in [1.82, 2.24) is 9.62 Å². The predicted octanol–water partition coefficient (Wildman–Crippen LogP) is 2.13. The van der Waals surface area contributed by atoms with Crippen molar-refractivity contribution < 1.29 is 13.2 Å². The Morgan fingerprint density at radius 1 is 1.14 bits per heavy atom.